The van der Waals surface area contributed by atoms with Crippen molar-refractivity contribution in [2.24, 2.45) is 0 Å². The molecule has 0 aliphatic heterocycles. The zero-order chi connectivity index (χ0) is 11.7. The van der Waals surface area contributed by atoms with Gasteiger partial charge in [-0.3, -0.25) is 0 Å². The van der Waals surface area contributed by atoms with Gasteiger partial charge < -0.3 is 4.57 Å². The van der Waals surface area contributed by atoms with Crippen molar-refractivity contribution in [1.29, 1.82) is 5.26 Å². The normalized spacial score (nSPS) is 16.2. The maximum Gasteiger partial charge on any atom is 0.0991 e. The van der Waals surface area contributed by atoms with Crippen LogP contribution in [0.25, 0.3) is 10.9 Å². The number of fused-ring (bicyclic) bond motifs is 1. The molecule has 1 saturated carbocycles. The van der Waals surface area contributed by atoms with Crippen LogP contribution in [0.3, 0.4) is 0 Å². The topological polar surface area (TPSA) is 28.7 Å². The van der Waals surface area contributed by atoms with Gasteiger partial charge in [0.1, 0.15) is 0 Å². The second-order valence-corrected chi connectivity index (χ2v) is 4.90. The molecule has 94 valence electrons. The summed E-state index contributed by atoms with van der Waals surface area (Å²) in [6, 6.07) is 11.0. The maximum absolute atomic E-state index is 8.90. The average molecular weight is 261 g/mol. The first-order valence-corrected chi connectivity index (χ1v) is 6.39. The quantitative estimate of drug-likeness (QED) is 0.745. The minimum Gasteiger partial charge on any atom is -0.344 e. The standard InChI is InChI=1S/C15H16N2.ClH/c16-11-12-6-7-15-13(10-12)8-9-17(15)14-4-2-1-3-5-14;/h6-10,14H,1-5H2;1H. The Kier molecular flexibility index (Phi) is 3.93. The monoisotopic (exact) mass is 260 g/mol. The Labute approximate surface area is 114 Å². The van der Waals surface area contributed by atoms with E-state index < -0.39 is 0 Å². The summed E-state index contributed by atoms with van der Waals surface area (Å²) in [4.78, 5) is 0. The molecule has 1 fully saturated rings. The van der Waals surface area contributed by atoms with E-state index in [0.29, 0.717) is 6.04 Å². The summed E-state index contributed by atoms with van der Waals surface area (Å²) in [7, 11) is 0. The third-order valence-corrected chi connectivity index (χ3v) is 3.82. The number of rotatable bonds is 1. The molecule has 0 spiro atoms. The number of nitrogens with zero attached hydrogens (tertiary/aromatic N) is 2. The zero-order valence-corrected chi connectivity index (χ0v) is 11.1. The SMILES string of the molecule is Cl.N#Cc1ccc2c(ccn2C2CCCCC2)c1. The van der Waals surface area contributed by atoms with Gasteiger partial charge in [0.25, 0.3) is 0 Å². The highest BCUT2D eigenvalue weighted by molar-refractivity contribution is 5.85. The molecule has 1 aromatic heterocycles. The lowest BCUT2D eigenvalue weighted by Crippen LogP contribution is -2.11. The molecule has 1 aromatic carbocycles. The number of nitriles is 1. The lowest BCUT2D eigenvalue weighted by Gasteiger charge is -2.24. The molecular weight excluding hydrogens is 244 g/mol. The predicted molar refractivity (Wildman–Crippen MR) is 76.0 cm³/mol. The molecule has 0 bridgehead atoms. The van der Waals surface area contributed by atoms with E-state index >= 15 is 0 Å². The summed E-state index contributed by atoms with van der Waals surface area (Å²) in [6.07, 6.45) is 8.85. The Morgan fingerprint density at radius 1 is 1.11 bits per heavy atom. The Bertz CT molecular complexity index is 574. The summed E-state index contributed by atoms with van der Waals surface area (Å²) < 4.78 is 2.40. The Morgan fingerprint density at radius 2 is 1.89 bits per heavy atom. The van der Waals surface area contributed by atoms with Crippen molar-refractivity contribution in [3.05, 3.63) is 36.0 Å². The molecule has 0 atom stereocenters. The molecule has 0 N–H and O–H groups in total. The van der Waals surface area contributed by atoms with E-state index in [1.165, 1.54) is 43.0 Å². The Hall–Kier alpha value is -1.46. The number of benzene rings is 1. The van der Waals surface area contributed by atoms with E-state index in [1.807, 2.05) is 12.1 Å². The number of hydrogen-bond donors (Lipinski definition) is 0. The van der Waals surface area contributed by atoms with Crippen molar-refractivity contribution in [2.75, 3.05) is 0 Å². The van der Waals surface area contributed by atoms with E-state index in [9.17, 15) is 0 Å². The van der Waals surface area contributed by atoms with Crippen LogP contribution in [-0.4, -0.2) is 4.57 Å². The predicted octanol–water partition coefficient (Wildman–Crippen LogP) is 4.44. The highest BCUT2D eigenvalue weighted by Crippen LogP contribution is 2.31. The summed E-state index contributed by atoms with van der Waals surface area (Å²) in [5, 5.41) is 10.1. The molecule has 0 radical (unpaired) electrons. The molecule has 1 aliphatic rings. The van der Waals surface area contributed by atoms with Crippen LogP contribution in [0.15, 0.2) is 30.5 Å². The van der Waals surface area contributed by atoms with Crippen LogP contribution in [0.4, 0.5) is 0 Å². The van der Waals surface area contributed by atoms with Gasteiger partial charge in [-0.1, -0.05) is 19.3 Å². The van der Waals surface area contributed by atoms with Gasteiger partial charge in [-0.25, -0.2) is 0 Å². The summed E-state index contributed by atoms with van der Waals surface area (Å²) >= 11 is 0. The summed E-state index contributed by atoms with van der Waals surface area (Å²) in [5.74, 6) is 0. The van der Waals surface area contributed by atoms with Crippen LogP contribution in [-0.2, 0) is 0 Å². The summed E-state index contributed by atoms with van der Waals surface area (Å²) in [5.41, 5.74) is 2.02. The van der Waals surface area contributed by atoms with Gasteiger partial charge >= 0.3 is 0 Å². The van der Waals surface area contributed by atoms with E-state index in [0.717, 1.165) is 5.56 Å². The van der Waals surface area contributed by atoms with Crippen LogP contribution in [0.5, 0.6) is 0 Å². The lowest BCUT2D eigenvalue weighted by atomic mass is 9.95. The molecule has 3 rings (SSSR count). The molecule has 1 aliphatic carbocycles. The first-order chi connectivity index (χ1) is 8.38. The largest absolute Gasteiger partial charge is 0.344 e. The highest BCUT2D eigenvalue weighted by Gasteiger charge is 2.16. The first-order valence-electron chi connectivity index (χ1n) is 6.39. The van der Waals surface area contributed by atoms with Gasteiger partial charge in [0.15, 0.2) is 0 Å². The zero-order valence-electron chi connectivity index (χ0n) is 10.3. The third-order valence-electron chi connectivity index (χ3n) is 3.82. The second kappa shape index (κ2) is 5.46. The van der Waals surface area contributed by atoms with Crippen molar-refractivity contribution in [3.63, 3.8) is 0 Å². The van der Waals surface area contributed by atoms with Gasteiger partial charge in [0.05, 0.1) is 11.6 Å². The van der Waals surface area contributed by atoms with Gasteiger partial charge in [-0.05, 0) is 37.1 Å². The van der Waals surface area contributed by atoms with E-state index in [1.54, 1.807) is 0 Å². The molecule has 2 aromatic rings. The summed E-state index contributed by atoms with van der Waals surface area (Å²) in [6.45, 7) is 0. The van der Waals surface area contributed by atoms with E-state index in [2.05, 4.69) is 29.0 Å². The van der Waals surface area contributed by atoms with E-state index in [-0.39, 0.29) is 12.4 Å². The van der Waals surface area contributed by atoms with E-state index in [4.69, 9.17) is 5.26 Å². The fourth-order valence-corrected chi connectivity index (χ4v) is 2.91. The van der Waals surface area contributed by atoms with Crippen molar-refractivity contribution in [3.8, 4) is 6.07 Å². The number of halogens is 1. The third kappa shape index (κ3) is 2.23. The second-order valence-electron chi connectivity index (χ2n) is 4.90. The molecule has 3 heteroatoms. The number of hydrogen-bond acceptors (Lipinski definition) is 1. The van der Waals surface area contributed by atoms with Crippen LogP contribution < -0.4 is 0 Å². The Balaban J connectivity index is 0.00000120. The van der Waals surface area contributed by atoms with Crippen LogP contribution in [0.2, 0.25) is 0 Å². The molecular formula is C15H17ClN2. The molecule has 18 heavy (non-hydrogen) atoms. The van der Waals surface area contributed by atoms with Gasteiger partial charge in [-0.2, -0.15) is 5.26 Å². The highest BCUT2D eigenvalue weighted by atomic mass is 35.5. The molecule has 0 saturated heterocycles. The minimum absolute atomic E-state index is 0. The molecule has 0 unspecified atom stereocenters. The Morgan fingerprint density at radius 3 is 2.61 bits per heavy atom. The van der Waals surface area contributed by atoms with Crippen LogP contribution >= 0.6 is 12.4 Å². The first kappa shape index (κ1) is 13.0. The van der Waals surface area contributed by atoms with Crippen molar-refractivity contribution in [2.45, 2.75) is 38.1 Å². The average Bonchev–Trinajstić information content (AvgIpc) is 2.82. The van der Waals surface area contributed by atoms with Gasteiger partial charge in [0, 0.05) is 23.1 Å². The number of aromatic nitrogens is 1. The van der Waals surface area contributed by atoms with Gasteiger partial charge in [0.2, 0.25) is 0 Å². The maximum atomic E-state index is 8.90. The minimum atomic E-state index is 0. The van der Waals surface area contributed by atoms with Crippen LogP contribution in [0.1, 0.15) is 43.7 Å². The molecule has 0 amide bonds. The smallest absolute Gasteiger partial charge is 0.0991 e. The molecule has 2 nitrogen and oxygen atoms in total. The fourth-order valence-electron chi connectivity index (χ4n) is 2.91. The lowest BCUT2D eigenvalue weighted by molar-refractivity contribution is 0.361. The van der Waals surface area contributed by atoms with Crippen molar-refractivity contribution in [1.82, 2.24) is 4.57 Å². The molecule has 1 heterocycles. The van der Waals surface area contributed by atoms with Crippen molar-refractivity contribution < 1.29 is 0 Å². The van der Waals surface area contributed by atoms with Gasteiger partial charge in [-0.15, -0.1) is 12.4 Å². The van der Waals surface area contributed by atoms with Crippen LogP contribution in [0, 0.1) is 11.3 Å². The fraction of sp³-hybridized carbons (Fsp3) is 0.400. The van der Waals surface area contributed by atoms with Crippen molar-refractivity contribution >= 4 is 23.3 Å².